The first-order chi connectivity index (χ1) is 8.09. The molecule has 2 N–H and O–H groups in total. The molecular weight excluding hydrogens is 213 g/mol. The molecular formula is C15H16FN. The van der Waals surface area contributed by atoms with Gasteiger partial charge in [-0.3, -0.25) is 0 Å². The van der Waals surface area contributed by atoms with Crippen LogP contribution in [0.2, 0.25) is 0 Å². The minimum Gasteiger partial charge on any atom is -0.320 e. The van der Waals surface area contributed by atoms with Crippen LogP contribution in [0.4, 0.5) is 4.39 Å². The van der Waals surface area contributed by atoms with Crippen LogP contribution >= 0.6 is 0 Å². The number of hydrogen-bond acceptors (Lipinski definition) is 1. The Bertz CT molecular complexity index is 497. The second-order valence-corrected chi connectivity index (χ2v) is 4.36. The smallest absolute Gasteiger partial charge is 0.129 e. The Morgan fingerprint density at radius 2 is 1.47 bits per heavy atom. The topological polar surface area (TPSA) is 26.0 Å². The maximum atomic E-state index is 13.5. The molecule has 2 rings (SSSR count). The van der Waals surface area contributed by atoms with Gasteiger partial charge in [-0.1, -0.05) is 42.5 Å². The van der Waals surface area contributed by atoms with Gasteiger partial charge >= 0.3 is 0 Å². The molecule has 0 saturated heterocycles. The van der Waals surface area contributed by atoms with E-state index >= 15 is 0 Å². The summed E-state index contributed by atoms with van der Waals surface area (Å²) < 4.78 is 13.5. The molecule has 0 fully saturated rings. The average molecular weight is 229 g/mol. The van der Waals surface area contributed by atoms with Gasteiger partial charge in [0.1, 0.15) is 5.82 Å². The van der Waals surface area contributed by atoms with E-state index in [1.165, 1.54) is 0 Å². The minimum atomic E-state index is -0.200. The second-order valence-electron chi connectivity index (χ2n) is 4.36. The summed E-state index contributed by atoms with van der Waals surface area (Å²) in [6.45, 7) is 3.53. The first-order valence-corrected chi connectivity index (χ1v) is 5.67. The SMILES string of the molecule is Cc1cc(C(N)c2ccccc2)cc(C)c1F. The van der Waals surface area contributed by atoms with Gasteiger partial charge in [-0.25, -0.2) is 4.39 Å². The Morgan fingerprint density at radius 1 is 0.941 bits per heavy atom. The quantitative estimate of drug-likeness (QED) is 0.838. The summed E-state index contributed by atoms with van der Waals surface area (Å²) in [5, 5.41) is 0. The first-order valence-electron chi connectivity index (χ1n) is 5.67. The fourth-order valence-corrected chi connectivity index (χ4v) is 2.01. The zero-order valence-electron chi connectivity index (χ0n) is 10.1. The number of aryl methyl sites for hydroxylation is 2. The van der Waals surface area contributed by atoms with E-state index in [1.54, 1.807) is 13.8 Å². The van der Waals surface area contributed by atoms with Gasteiger partial charge in [0.2, 0.25) is 0 Å². The molecule has 0 aliphatic rings. The molecule has 2 aromatic rings. The van der Waals surface area contributed by atoms with Crippen molar-refractivity contribution in [3.8, 4) is 0 Å². The monoisotopic (exact) mass is 229 g/mol. The highest BCUT2D eigenvalue weighted by Crippen LogP contribution is 2.23. The lowest BCUT2D eigenvalue weighted by molar-refractivity contribution is 0.607. The van der Waals surface area contributed by atoms with Crippen molar-refractivity contribution in [3.63, 3.8) is 0 Å². The molecule has 0 bridgehead atoms. The maximum absolute atomic E-state index is 13.5. The van der Waals surface area contributed by atoms with Gasteiger partial charge in [0.15, 0.2) is 0 Å². The predicted octanol–water partition coefficient (Wildman–Crippen LogP) is 3.49. The van der Waals surface area contributed by atoms with Crippen LogP contribution < -0.4 is 5.73 Å². The van der Waals surface area contributed by atoms with Crippen LogP contribution in [-0.2, 0) is 0 Å². The third kappa shape index (κ3) is 2.37. The van der Waals surface area contributed by atoms with Gasteiger partial charge in [-0.15, -0.1) is 0 Å². The van der Waals surface area contributed by atoms with Crippen molar-refractivity contribution in [1.82, 2.24) is 0 Å². The number of halogens is 1. The van der Waals surface area contributed by atoms with E-state index in [1.807, 2.05) is 42.5 Å². The Kier molecular flexibility index (Phi) is 3.25. The molecule has 1 nitrogen and oxygen atoms in total. The molecule has 0 aliphatic heterocycles. The molecule has 0 heterocycles. The van der Waals surface area contributed by atoms with Crippen LogP contribution in [0, 0.1) is 19.7 Å². The fourth-order valence-electron chi connectivity index (χ4n) is 2.01. The molecule has 1 unspecified atom stereocenters. The van der Waals surface area contributed by atoms with Crippen LogP contribution in [0.1, 0.15) is 28.3 Å². The molecule has 88 valence electrons. The third-order valence-corrected chi connectivity index (χ3v) is 2.98. The van der Waals surface area contributed by atoms with Crippen LogP contribution in [0.3, 0.4) is 0 Å². The van der Waals surface area contributed by atoms with E-state index in [0.717, 1.165) is 11.1 Å². The van der Waals surface area contributed by atoms with Crippen molar-refractivity contribution >= 4 is 0 Å². The second kappa shape index (κ2) is 4.68. The Labute approximate surface area is 101 Å². The summed E-state index contributed by atoms with van der Waals surface area (Å²) in [5.41, 5.74) is 9.46. The van der Waals surface area contributed by atoms with Gasteiger partial charge < -0.3 is 5.73 Å². The zero-order chi connectivity index (χ0) is 12.4. The summed E-state index contributed by atoms with van der Waals surface area (Å²) in [6.07, 6.45) is 0. The molecule has 1 atom stereocenters. The van der Waals surface area contributed by atoms with E-state index < -0.39 is 0 Å². The van der Waals surface area contributed by atoms with E-state index in [0.29, 0.717) is 11.1 Å². The highest BCUT2D eigenvalue weighted by molar-refractivity contribution is 5.37. The van der Waals surface area contributed by atoms with Gasteiger partial charge in [-0.2, -0.15) is 0 Å². The summed E-state index contributed by atoms with van der Waals surface area (Å²) >= 11 is 0. The lowest BCUT2D eigenvalue weighted by Gasteiger charge is -2.14. The summed E-state index contributed by atoms with van der Waals surface area (Å²) in [7, 11) is 0. The Balaban J connectivity index is 2.41. The van der Waals surface area contributed by atoms with Crippen molar-refractivity contribution in [2.75, 3.05) is 0 Å². The highest BCUT2D eigenvalue weighted by atomic mass is 19.1. The van der Waals surface area contributed by atoms with Crippen molar-refractivity contribution in [1.29, 1.82) is 0 Å². The normalized spacial score (nSPS) is 12.5. The van der Waals surface area contributed by atoms with Gasteiger partial charge in [0, 0.05) is 0 Å². The van der Waals surface area contributed by atoms with Crippen LogP contribution in [0.25, 0.3) is 0 Å². The molecule has 2 heteroatoms. The molecule has 17 heavy (non-hydrogen) atoms. The molecule has 0 spiro atoms. The maximum Gasteiger partial charge on any atom is 0.129 e. The fraction of sp³-hybridized carbons (Fsp3) is 0.200. The molecule has 0 amide bonds. The van der Waals surface area contributed by atoms with Crippen molar-refractivity contribution in [3.05, 3.63) is 70.5 Å². The number of hydrogen-bond donors (Lipinski definition) is 1. The number of nitrogens with two attached hydrogens (primary N) is 1. The Hall–Kier alpha value is -1.67. The van der Waals surface area contributed by atoms with Crippen molar-refractivity contribution in [2.45, 2.75) is 19.9 Å². The standard InChI is InChI=1S/C15H16FN/c1-10-8-13(9-11(2)14(10)16)15(17)12-6-4-3-5-7-12/h3-9,15H,17H2,1-2H3. The number of rotatable bonds is 2. The van der Waals surface area contributed by atoms with Crippen molar-refractivity contribution in [2.24, 2.45) is 5.73 Å². The minimum absolute atomic E-state index is 0.144. The van der Waals surface area contributed by atoms with Crippen LogP contribution in [0.15, 0.2) is 42.5 Å². The van der Waals surface area contributed by atoms with Gasteiger partial charge in [0.05, 0.1) is 6.04 Å². The van der Waals surface area contributed by atoms with Gasteiger partial charge in [-0.05, 0) is 36.1 Å². The summed E-state index contributed by atoms with van der Waals surface area (Å²) in [4.78, 5) is 0. The third-order valence-electron chi connectivity index (χ3n) is 2.98. The zero-order valence-corrected chi connectivity index (χ0v) is 10.1. The van der Waals surface area contributed by atoms with E-state index in [2.05, 4.69) is 0 Å². The Morgan fingerprint density at radius 3 is 2.00 bits per heavy atom. The number of benzene rings is 2. The lowest BCUT2D eigenvalue weighted by atomic mass is 9.96. The predicted molar refractivity (Wildman–Crippen MR) is 68.3 cm³/mol. The average Bonchev–Trinajstić information content (AvgIpc) is 2.35. The molecule has 2 aromatic carbocycles. The van der Waals surface area contributed by atoms with Crippen LogP contribution in [0.5, 0.6) is 0 Å². The highest BCUT2D eigenvalue weighted by Gasteiger charge is 2.11. The van der Waals surface area contributed by atoms with Crippen molar-refractivity contribution < 1.29 is 4.39 Å². The summed E-state index contributed by atoms with van der Waals surface area (Å²) in [6, 6.07) is 13.3. The first kappa shape index (κ1) is 11.8. The summed E-state index contributed by atoms with van der Waals surface area (Å²) in [5.74, 6) is -0.144. The van der Waals surface area contributed by atoms with Crippen LogP contribution in [-0.4, -0.2) is 0 Å². The van der Waals surface area contributed by atoms with Gasteiger partial charge in [0.25, 0.3) is 0 Å². The van der Waals surface area contributed by atoms with E-state index in [4.69, 9.17) is 5.73 Å². The molecule has 0 saturated carbocycles. The largest absolute Gasteiger partial charge is 0.320 e. The molecule has 0 aliphatic carbocycles. The van der Waals surface area contributed by atoms with E-state index in [-0.39, 0.29) is 11.9 Å². The van der Waals surface area contributed by atoms with E-state index in [9.17, 15) is 4.39 Å². The molecule has 0 radical (unpaired) electrons. The lowest BCUT2D eigenvalue weighted by Crippen LogP contribution is -2.12. The molecule has 0 aromatic heterocycles.